The Balaban J connectivity index is 0.890. The average molecular weight is 842 g/mol. The van der Waals surface area contributed by atoms with Crippen LogP contribution in [0, 0.1) is 0 Å². The molecule has 59 heavy (non-hydrogen) atoms. The van der Waals surface area contributed by atoms with Crippen LogP contribution in [0.5, 0.6) is 5.75 Å². The van der Waals surface area contributed by atoms with Gasteiger partial charge < -0.3 is 40.0 Å². The van der Waals surface area contributed by atoms with Gasteiger partial charge in [0.2, 0.25) is 23.7 Å². The highest BCUT2D eigenvalue weighted by atomic mass is 35.5. The van der Waals surface area contributed by atoms with Crippen LogP contribution >= 0.6 is 18.7 Å². The Labute approximate surface area is 348 Å². The molecule has 3 aliphatic heterocycles. The number of hydrogen-bond acceptors (Lipinski definition) is 12. The Morgan fingerprint density at radius 1 is 1.00 bits per heavy atom. The summed E-state index contributed by atoms with van der Waals surface area (Å²) in [5, 5.41) is 13.2. The van der Waals surface area contributed by atoms with Gasteiger partial charge in [0.25, 0.3) is 5.91 Å². The molecule has 1 aromatic heterocycles. The Morgan fingerprint density at radius 3 is 2.51 bits per heavy atom. The molecule has 15 nitrogen and oxygen atoms in total. The van der Waals surface area contributed by atoms with Gasteiger partial charge >= 0.3 is 0 Å². The van der Waals surface area contributed by atoms with E-state index < -0.39 is 19.1 Å². The second-order valence-electron chi connectivity index (χ2n) is 15.4. The molecule has 310 valence electrons. The molecule has 3 aliphatic rings. The average Bonchev–Trinajstić information content (AvgIpc) is 3.56. The first-order valence-electron chi connectivity index (χ1n) is 19.7. The van der Waals surface area contributed by atoms with E-state index in [4.69, 9.17) is 16.3 Å². The summed E-state index contributed by atoms with van der Waals surface area (Å²) in [6.45, 7) is 5.81. The molecule has 4 heterocycles. The summed E-state index contributed by atoms with van der Waals surface area (Å²) in [5.41, 5.74) is 4.52. The first kappa shape index (κ1) is 41.5. The van der Waals surface area contributed by atoms with Crippen molar-refractivity contribution in [3.63, 3.8) is 0 Å². The number of aromatic nitrogens is 2. The number of anilines is 6. The third-order valence-electron chi connectivity index (χ3n) is 11.1. The maximum absolute atomic E-state index is 13.3. The van der Waals surface area contributed by atoms with Gasteiger partial charge in [0.15, 0.2) is 5.82 Å². The van der Waals surface area contributed by atoms with Gasteiger partial charge in [0.05, 0.1) is 24.7 Å². The van der Waals surface area contributed by atoms with Crippen LogP contribution in [0.1, 0.15) is 54.4 Å². The number of amides is 4. The van der Waals surface area contributed by atoms with Gasteiger partial charge in [0.1, 0.15) is 24.0 Å². The number of carbonyl (C=O) groups excluding carboxylic acids is 4. The maximum Gasteiger partial charge on any atom is 0.255 e. The van der Waals surface area contributed by atoms with Gasteiger partial charge in [-0.15, -0.1) is 0 Å². The smallest absolute Gasteiger partial charge is 0.255 e. The Morgan fingerprint density at radius 2 is 1.76 bits per heavy atom. The molecular formula is C42H49ClN9O6P. The monoisotopic (exact) mass is 841 g/mol. The van der Waals surface area contributed by atoms with Crippen LogP contribution in [-0.2, 0) is 25.5 Å². The first-order chi connectivity index (χ1) is 28.3. The Kier molecular flexibility index (Phi) is 12.4. The Bertz CT molecular complexity index is 2310. The predicted molar refractivity (Wildman–Crippen MR) is 230 cm³/mol. The fraction of sp³-hybridized carbons (Fsp3) is 0.381. The minimum atomic E-state index is -2.57. The molecule has 0 radical (unpaired) electrons. The zero-order chi connectivity index (χ0) is 41.8. The number of para-hydroxylation sites is 1. The number of nitrogens with zero attached hydrogens (tertiary/aromatic N) is 5. The number of hydrogen-bond donors (Lipinski definition) is 4. The lowest BCUT2D eigenvalue weighted by atomic mass is 10.0. The van der Waals surface area contributed by atoms with Gasteiger partial charge in [-0.05, 0) is 75.4 Å². The quantitative estimate of drug-likeness (QED) is 0.0667. The third kappa shape index (κ3) is 9.31. The summed E-state index contributed by atoms with van der Waals surface area (Å²) >= 11 is 6.46. The van der Waals surface area contributed by atoms with Crippen LogP contribution in [0.25, 0.3) is 0 Å². The number of halogens is 1. The molecule has 0 aliphatic carbocycles. The summed E-state index contributed by atoms with van der Waals surface area (Å²) in [6, 6.07) is 18.2. The molecule has 17 heteroatoms. The second-order valence-corrected chi connectivity index (χ2v) is 19.0. The highest BCUT2D eigenvalue weighted by Gasteiger charge is 2.40. The van der Waals surface area contributed by atoms with Crippen LogP contribution in [0.15, 0.2) is 66.9 Å². The topological polar surface area (TPSA) is 178 Å². The minimum absolute atomic E-state index is 0.0857. The lowest BCUT2D eigenvalue weighted by molar-refractivity contribution is -0.137. The third-order valence-corrected chi connectivity index (χ3v) is 13.0. The SMILES string of the molecule is COc1cc(N2CCC(N(C)C(=O)CCCNc3cccc4c3CN(C3CCC(=O)NC3=O)C4=O)CC2)ccc1Nc1ncc(Cl)c(Nc2ccccc2P(C)(C)=O)n1. The minimum Gasteiger partial charge on any atom is -0.494 e. The summed E-state index contributed by atoms with van der Waals surface area (Å²) in [6.07, 6.45) is 4.66. The van der Waals surface area contributed by atoms with E-state index >= 15 is 0 Å². The molecule has 0 spiro atoms. The van der Waals surface area contributed by atoms with Crippen LogP contribution in [0.3, 0.4) is 0 Å². The number of piperidine rings is 2. The molecule has 0 bridgehead atoms. The number of methoxy groups -OCH3 is 1. The fourth-order valence-electron chi connectivity index (χ4n) is 7.90. The summed E-state index contributed by atoms with van der Waals surface area (Å²) in [5.74, 6) is 0.410. The zero-order valence-electron chi connectivity index (χ0n) is 33.6. The van der Waals surface area contributed by atoms with E-state index in [1.54, 1.807) is 26.5 Å². The molecule has 3 aromatic carbocycles. The predicted octanol–water partition coefficient (Wildman–Crippen LogP) is 5.95. The van der Waals surface area contributed by atoms with Crippen molar-refractivity contribution in [2.45, 2.75) is 57.2 Å². The van der Waals surface area contributed by atoms with E-state index in [1.807, 2.05) is 66.5 Å². The number of rotatable bonds is 14. The molecule has 7 rings (SSSR count). The lowest BCUT2D eigenvalue weighted by Crippen LogP contribution is -2.52. The summed E-state index contributed by atoms with van der Waals surface area (Å²) < 4.78 is 18.7. The van der Waals surface area contributed by atoms with E-state index in [-0.39, 0.29) is 36.7 Å². The molecule has 1 atom stereocenters. The van der Waals surface area contributed by atoms with Crippen LogP contribution in [0.2, 0.25) is 5.02 Å². The van der Waals surface area contributed by atoms with Crippen molar-refractivity contribution >= 4 is 82.2 Å². The van der Waals surface area contributed by atoms with Gasteiger partial charge in [0, 0.05) is 86.0 Å². The van der Waals surface area contributed by atoms with Gasteiger partial charge in [-0.2, -0.15) is 4.98 Å². The molecule has 2 fully saturated rings. The number of benzene rings is 3. The van der Waals surface area contributed by atoms with E-state index in [2.05, 4.69) is 36.1 Å². The summed E-state index contributed by atoms with van der Waals surface area (Å²) in [7, 11) is 0.922. The number of carbonyl (C=O) groups is 4. The fourth-order valence-corrected chi connectivity index (χ4v) is 9.19. The normalized spacial score (nSPS) is 17.0. The van der Waals surface area contributed by atoms with Crippen LogP contribution in [-0.4, -0.2) is 103 Å². The Hall–Kier alpha value is -5.66. The van der Waals surface area contributed by atoms with E-state index in [9.17, 15) is 23.7 Å². The maximum atomic E-state index is 13.3. The molecule has 4 amide bonds. The molecule has 2 saturated heterocycles. The van der Waals surface area contributed by atoms with Crippen LogP contribution < -0.4 is 36.2 Å². The molecule has 4 aromatic rings. The molecule has 0 saturated carbocycles. The first-order valence-corrected chi connectivity index (χ1v) is 22.7. The van der Waals surface area contributed by atoms with Crippen molar-refractivity contribution in [1.82, 2.24) is 25.1 Å². The molecular weight excluding hydrogens is 793 g/mol. The lowest BCUT2D eigenvalue weighted by Gasteiger charge is -2.38. The number of ether oxygens (including phenoxy) is 1. The number of fused-ring (bicyclic) bond motifs is 1. The summed E-state index contributed by atoms with van der Waals surface area (Å²) in [4.78, 5) is 65.2. The number of nitrogens with one attached hydrogen (secondary N) is 4. The number of imide groups is 1. The largest absolute Gasteiger partial charge is 0.494 e. The van der Waals surface area contributed by atoms with E-state index in [0.29, 0.717) is 70.6 Å². The van der Waals surface area contributed by atoms with Crippen molar-refractivity contribution in [3.8, 4) is 5.75 Å². The van der Waals surface area contributed by atoms with Crippen molar-refractivity contribution in [2.75, 3.05) is 68.0 Å². The highest BCUT2D eigenvalue weighted by molar-refractivity contribution is 7.70. The van der Waals surface area contributed by atoms with Gasteiger partial charge in [-0.1, -0.05) is 29.8 Å². The van der Waals surface area contributed by atoms with Gasteiger partial charge in [-0.25, -0.2) is 4.98 Å². The standard InChI is InChI=1S/C42H49ClN9O6P/c1-50(38(54)13-8-20-44-31-11-7-9-28-29(31)25-52(41(28)56)34-16-17-37(53)48-40(34)55)26-18-21-51(22-19-26)27-14-15-32(35(23-27)58-2)47-42-45-24-30(43)39(49-42)46-33-10-5-6-12-36(33)59(3,4)57/h5-7,9-12,14-15,23-24,26,34,44H,8,13,16-22,25H2,1-4H3,(H,48,53,55)(H2,45,46,47,49). The van der Waals surface area contributed by atoms with E-state index in [1.165, 1.54) is 11.1 Å². The van der Waals surface area contributed by atoms with Crippen molar-refractivity contribution in [3.05, 3.63) is 83.0 Å². The van der Waals surface area contributed by atoms with Crippen molar-refractivity contribution < 1.29 is 28.5 Å². The second kappa shape index (κ2) is 17.7. The van der Waals surface area contributed by atoms with Crippen LogP contribution in [0.4, 0.5) is 34.5 Å². The van der Waals surface area contributed by atoms with E-state index in [0.717, 1.165) is 42.9 Å². The van der Waals surface area contributed by atoms with Crippen molar-refractivity contribution in [2.24, 2.45) is 0 Å². The zero-order valence-corrected chi connectivity index (χ0v) is 35.2. The van der Waals surface area contributed by atoms with Crippen molar-refractivity contribution in [1.29, 1.82) is 0 Å². The molecule has 1 unspecified atom stereocenters. The van der Waals surface area contributed by atoms with Gasteiger partial charge in [-0.3, -0.25) is 24.5 Å². The highest BCUT2D eigenvalue weighted by Crippen LogP contribution is 2.39. The molecule has 4 N–H and O–H groups in total.